The van der Waals surface area contributed by atoms with Crippen molar-refractivity contribution in [3.05, 3.63) is 73.8 Å². The van der Waals surface area contributed by atoms with E-state index in [1.807, 2.05) is 23.4 Å². The molecule has 3 heterocycles. The molecule has 1 aromatic heterocycles. The molecule has 3 aromatic rings. The highest BCUT2D eigenvalue weighted by Crippen LogP contribution is 2.55. The number of phenolic OH excluding ortho intramolecular Hbond substituents is 1. The van der Waals surface area contributed by atoms with Gasteiger partial charge >= 0.3 is 17.6 Å². The topological polar surface area (TPSA) is 177 Å². The van der Waals surface area contributed by atoms with Gasteiger partial charge in [0.2, 0.25) is 18.4 Å². The number of rotatable bonds is 14. The molecule has 14 nitrogen and oxygen atoms in total. The number of methoxy groups -OCH3 is 2. The lowest BCUT2D eigenvalue weighted by atomic mass is 9.65. The predicted molar refractivity (Wildman–Crippen MR) is 178 cm³/mol. The van der Waals surface area contributed by atoms with Crippen molar-refractivity contribution < 1.29 is 47.5 Å². The zero-order chi connectivity index (χ0) is 35.5. The molecular weight excluding hydrogens is 677 g/mol. The summed E-state index contributed by atoms with van der Waals surface area (Å²) in [5.74, 6) is -1.81. The number of carbonyl (C=O) groups is 2. The fraction of sp³-hybridized carbons (Fsp3) is 0.471. The summed E-state index contributed by atoms with van der Waals surface area (Å²) in [6.07, 6.45) is 4.35. The first-order valence-electron chi connectivity index (χ1n) is 16.1. The molecule has 3 aliphatic rings. The van der Waals surface area contributed by atoms with E-state index < -0.39 is 52.9 Å². The van der Waals surface area contributed by atoms with Gasteiger partial charge in [-0.05, 0) is 66.5 Å². The number of H-pyrrole nitrogens is 1. The molecule has 1 unspecified atom stereocenters. The molecule has 1 saturated heterocycles. The van der Waals surface area contributed by atoms with Gasteiger partial charge in [0.15, 0.2) is 23.0 Å². The Kier molecular flexibility index (Phi) is 10.6. The highest BCUT2D eigenvalue weighted by molar-refractivity contribution is 7.98. The third-order valence-corrected chi connectivity index (χ3v) is 9.97. The van der Waals surface area contributed by atoms with Crippen molar-refractivity contribution >= 4 is 23.7 Å². The molecule has 16 heteroatoms. The summed E-state index contributed by atoms with van der Waals surface area (Å²) in [5, 5.41) is 14.1. The van der Waals surface area contributed by atoms with E-state index in [-0.39, 0.29) is 49.7 Å². The Morgan fingerprint density at radius 2 is 1.76 bits per heavy atom. The first kappa shape index (κ1) is 35.1. The summed E-state index contributed by atoms with van der Waals surface area (Å²) >= 11 is 1.46. The maximum absolute atomic E-state index is 13.6. The number of cyclic esters (lactones) is 1. The van der Waals surface area contributed by atoms with Crippen LogP contribution in [0.1, 0.15) is 47.9 Å². The molecule has 1 fully saturated rings. The Morgan fingerprint density at radius 1 is 1.06 bits per heavy atom. The first-order valence-corrected chi connectivity index (χ1v) is 17.5. The van der Waals surface area contributed by atoms with Crippen LogP contribution in [0.3, 0.4) is 0 Å². The van der Waals surface area contributed by atoms with Gasteiger partial charge in [0.1, 0.15) is 6.04 Å². The third-order valence-electron chi connectivity index (χ3n) is 9.30. The number of halogens is 1. The van der Waals surface area contributed by atoms with Crippen LogP contribution in [0.15, 0.2) is 40.1 Å². The number of aromatic amines is 1. The minimum absolute atomic E-state index is 0.0384. The lowest BCUT2D eigenvalue weighted by molar-refractivity contribution is -0.146. The molecule has 0 spiro atoms. The van der Waals surface area contributed by atoms with Gasteiger partial charge in [-0.2, -0.15) is 16.2 Å². The molecule has 0 saturated carbocycles. The molecule has 2 aliphatic heterocycles. The number of carbonyl (C=O) groups excluding carboxylic acids is 2. The average Bonchev–Trinajstić information content (AvgIpc) is 3.73. The number of aromatic hydroxyl groups is 1. The molecule has 6 rings (SSSR count). The van der Waals surface area contributed by atoms with Crippen LogP contribution in [0.2, 0.25) is 0 Å². The number of aromatic nitrogens is 2. The van der Waals surface area contributed by atoms with E-state index in [1.165, 1.54) is 26.0 Å². The molecule has 1 aliphatic carbocycles. The van der Waals surface area contributed by atoms with Crippen molar-refractivity contribution in [3.63, 3.8) is 0 Å². The quantitative estimate of drug-likeness (QED) is 0.164. The van der Waals surface area contributed by atoms with Crippen LogP contribution >= 0.6 is 11.8 Å². The van der Waals surface area contributed by atoms with E-state index in [2.05, 4.69) is 5.32 Å². The van der Waals surface area contributed by atoms with E-state index in [4.69, 9.17) is 28.4 Å². The maximum atomic E-state index is 13.6. The summed E-state index contributed by atoms with van der Waals surface area (Å²) < 4.78 is 48.3. The number of thioether (sulfide) groups is 1. The summed E-state index contributed by atoms with van der Waals surface area (Å²) in [6.45, 7) is 0.475. The second-order valence-corrected chi connectivity index (χ2v) is 13.1. The van der Waals surface area contributed by atoms with Crippen LogP contribution in [0, 0.1) is 17.7 Å². The van der Waals surface area contributed by atoms with Gasteiger partial charge in [0.05, 0.1) is 39.5 Å². The Bertz CT molecular complexity index is 1860. The Hall–Kier alpha value is -4.70. The lowest BCUT2D eigenvalue weighted by Crippen LogP contribution is -2.48. The maximum Gasteiger partial charge on any atom is 0.328 e. The number of hydrogen-bond donors (Lipinski definition) is 3. The van der Waals surface area contributed by atoms with Crippen LogP contribution in [0.4, 0.5) is 4.39 Å². The van der Waals surface area contributed by atoms with Crippen molar-refractivity contribution in [1.82, 2.24) is 14.9 Å². The highest BCUT2D eigenvalue weighted by Gasteiger charge is 2.53. The summed E-state index contributed by atoms with van der Waals surface area (Å²) in [6, 6.07) is 5.84. The van der Waals surface area contributed by atoms with Crippen LogP contribution in [-0.2, 0) is 25.6 Å². The van der Waals surface area contributed by atoms with E-state index in [0.717, 1.165) is 21.9 Å². The highest BCUT2D eigenvalue weighted by atomic mass is 32.2. The second-order valence-electron chi connectivity index (χ2n) is 12.2. The predicted octanol–water partition coefficient (Wildman–Crippen LogP) is 2.84. The molecule has 268 valence electrons. The van der Waals surface area contributed by atoms with Crippen molar-refractivity contribution in [1.29, 1.82) is 0 Å². The lowest BCUT2D eigenvalue weighted by Gasteiger charge is -2.40. The monoisotopic (exact) mass is 715 g/mol. The van der Waals surface area contributed by atoms with Gasteiger partial charge in [-0.15, -0.1) is 0 Å². The fourth-order valence-electron chi connectivity index (χ4n) is 6.92. The van der Waals surface area contributed by atoms with Crippen LogP contribution in [0.5, 0.6) is 28.7 Å². The first-order chi connectivity index (χ1) is 24.1. The summed E-state index contributed by atoms with van der Waals surface area (Å²) in [4.78, 5) is 52.0. The number of aryl methyl sites for hydroxylation is 1. The number of benzene rings is 2. The van der Waals surface area contributed by atoms with E-state index >= 15 is 0 Å². The third kappa shape index (κ3) is 6.86. The minimum atomic E-state index is -1.06. The molecular formula is C34H38FN3O11S. The molecule has 50 heavy (non-hydrogen) atoms. The van der Waals surface area contributed by atoms with Crippen LogP contribution in [-0.4, -0.2) is 78.9 Å². The molecule has 0 bridgehead atoms. The van der Waals surface area contributed by atoms with Crippen molar-refractivity contribution in [2.45, 2.75) is 43.8 Å². The van der Waals surface area contributed by atoms with Gasteiger partial charge in [-0.25, -0.2) is 4.79 Å². The molecule has 5 atom stereocenters. The van der Waals surface area contributed by atoms with Gasteiger partial charge in [0, 0.05) is 30.2 Å². The van der Waals surface area contributed by atoms with E-state index in [0.29, 0.717) is 42.1 Å². The standard InChI is InChI=1S/C34H38FN3O11S/c1-44-25-9-17(10-26(45-2)30(25)39)27-18-11-23-24(49-16-48-23)12-19(18)29(20-14-47-33(42)28(20)27)36-22(15-50-3)32(41)46-8-6-4-5-7-38-13-21(35)31(40)37-34(38)43/h9-13,20,22,27-29,36,39H,4-8,14-16H2,1-3H3,(H,37,40,43)/t20-,22?,27+,28-,29+/m0/s1. The van der Waals surface area contributed by atoms with Crippen molar-refractivity contribution in [3.8, 4) is 28.7 Å². The number of unbranched alkanes of at least 4 members (excludes halogenated alkanes) is 2. The van der Waals surface area contributed by atoms with Crippen molar-refractivity contribution in [2.75, 3.05) is 46.2 Å². The number of phenols is 1. The van der Waals surface area contributed by atoms with Gasteiger partial charge < -0.3 is 33.5 Å². The molecule has 0 amide bonds. The van der Waals surface area contributed by atoms with Crippen LogP contribution in [0.25, 0.3) is 0 Å². The minimum Gasteiger partial charge on any atom is -0.502 e. The summed E-state index contributed by atoms with van der Waals surface area (Å²) in [5.41, 5.74) is 0.486. The van der Waals surface area contributed by atoms with E-state index in [1.54, 1.807) is 12.1 Å². The van der Waals surface area contributed by atoms with E-state index in [9.17, 15) is 28.7 Å². The number of hydrogen-bond acceptors (Lipinski definition) is 13. The van der Waals surface area contributed by atoms with Gasteiger partial charge in [-0.3, -0.25) is 29.3 Å². The Balaban J connectivity index is 1.22. The zero-order valence-corrected chi connectivity index (χ0v) is 28.5. The van der Waals surface area contributed by atoms with Crippen LogP contribution < -0.4 is 35.5 Å². The zero-order valence-electron chi connectivity index (χ0n) is 27.7. The SMILES string of the molecule is COc1cc([C@@H]2c3cc4c(cc3[C@@H](NC(CSC)C(=O)OCCCCCn3cc(F)c(=O)[nH]c3=O)[C@H]3COC(=O)[C@H]23)OCO4)cc(OC)c1O. The smallest absolute Gasteiger partial charge is 0.328 e. The molecule has 3 N–H and O–H groups in total. The summed E-state index contributed by atoms with van der Waals surface area (Å²) in [7, 11) is 2.87. The van der Waals surface area contributed by atoms with Crippen molar-refractivity contribution in [2.24, 2.45) is 11.8 Å². The van der Waals surface area contributed by atoms with Gasteiger partial charge in [-0.1, -0.05) is 0 Å². The second kappa shape index (κ2) is 15.0. The number of esters is 2. The Morgan fingerprint density at radius 3 is 2.44 bits per heavy atom. The largest absolute Gasteiger partial charge is 0.502 e. The number of ether oxygens (including phenoxy) is 6. The number of nitrogens with one attached hydrogen (secondary N) is 2. The Labute approximate surface area is 290 Å². The number of nitrogens with zero attached hydrogens (tertiary/aromatic N) is 1. The normalized spacial score (nSPS) is 20.8. The number of fused-ring (bicyclic) bond motifs is 3. The fourth-order valence-corrected chi connectivity index (χ4v) is 7.49. The average molecular weight is 716 g/mol. The van der Waals surface area contributed by atoms with Gasteiger partial charge in [0.25, 0.3) is 5.56 Å². The molecule has 0 radical (unpaired) electrons. The molecule has 2 aromatic carbocycles.